The van der Waals surface area contributed by atoms with Crippen molar-refractivity contribution in [2.24, 2.45) is 5.41 Å². The lowest BCUT2D eigenvalue weighted by Gasteiger charge is -2.29. The van der Waals surface area contributed by atoms with Crippen molar-refractivity contribution in [2.45, 2.75) is 44.1 Å². The fourth-order valence-electron chi connectivity index (χ4n) is 2.89. The van der Waals surface area contributed by atoms with Gasteiger partial charge in [-0.05, 0) is 31.1 Å². The number of carbonyl (C=O) groups is 2. The Bertz CT molecular complexity index is 390. The maximum absolute atomic E-state index is 12.1. The number of hydrogen-bond donors (Lipinski definition) is 2. The largest absolute Gasteiger partial charge is 0.373 e. The molecule has 7 heteroatoms. The zero-order valence-electron chi connectivity index (χ0n) is 13.1. The Morgan fingerprint density at radius 2 is 2.24 bits per heavy atom. The molecule has 1 aliphatic heterocycles. The molecule has 0 aliphatic carbocycles. The van der Waals surface area contributed by atoms with Gasteiger partial charge in [-0.3, -0.25) is 9.69 Å². The third-order valence-corrected chi connectivity index (χ3v) is 5.47. The number of carbonyl (C=O) groups excluding carboxylic acids is 2. The molecule has 1 amide bonds. The highest BCUT2D eigenvalue weighted by Crippen LogP contribution is 2.43. The van der Waals surface area contributed by atoms with E-state index in [2.05, 4.69) is 29.4 Å². The van der Waals surface area contributed by atoms with E-state index in [1.165, 1.54) is 5.49 Å². The van der Waals surface area contributed by atoms with E-state index in [0.717, 1.165) is 24.9 Å². The van der Waals surface area contributed by atoms with Gasteiger partial charge in [0.15, 0.2) is 0 Å². The van der Waals surface area contributed by atoms with E-state index in [1.54, 1.807) is 18.8 Å². The molecular weight excluding hydrogens is 306 g/mol. The highest BCUT2D eigenvalue weighted by Gasteiger charge is 2.48. The molecule has 1 aliphatic rings. The first-order chi connectivity index (χ1) is 9.87. The van der Waals surface area contributed by atoms with Crippen LogP contribution in [0.4, 0.5) is 0 Å². The monoisotopic (exact) mass is 331 g/mol. The topological polar surface area (TPSA) is 61.4 Å². The lowest BCUT2D eigenvalue weighted by atomic mass is 9.84. The van der Waals surface area contributed by atoms with Crippen LogP contribution in [0.3, 0.4) is 0 Å². The van der Waals surface area contributed by atoms with Gasteiger partial charge in [-0.2, -0.15) is 0 Å². The molecule has 5 nitrogen and oxygen atoms in total. The molecule has 3 atom stereocenters. The smallest absolute Gasteiger partial charge is 0.237 e. The van der Waals surface area contributed by atoms with Crippen molar-refractivity contribution in [1.82, 2.24) is 15.5 Å². The predicted octanol–water partition coefficient (Wildman–Crippen LogP) is 1.03. The Balaban J connectivity index is 2.55. The number of hydrogen-bond acceptors (Lipinski definition) is 5. The normalized spacial score (nSPS) is 26.1. The molecule has 0 aromatic carbocycles. The molecule has 1 saturated heterocycles. The SMILES string of the molecule is CNC(=O)C1N(C)[C@@H](SCCC(C=O)NC=S)CC1(C)C. The fraction of sp³-hybridized carbons (Fsp3) is 0.786. The Morgan fingerprint density at radius 1 is 1.57 bits per heavy atom. The average Bonchev–Trinajstić information content (AvgIpc) is 2.66. The van der Waals surface area contributed by atoms with Crippen molar-refractivity contribution in [3.63, 3.8) is 0 Å². The summed E-state index contributed by atoms with van der Waals surface area (Å²) < 4.78 is 0. The Kier molecular flexibility index (Phi) is 7.09. The quantitative estimate of drug-likeness (QED) is 0.512. The predicted molar refractivity (Wildman–Crippen MR) is 91.5 cm³/mol. The second kappa shape index (κ2) is 8.10. The van der Waals surface area contributed by atoms with Gasteiger partial charge in [0.1, 0.15) is 6.29 Å². The highest BCUT2D eigenvalue weighted by molar-refractivity contribution is 7.99. The minimum Gasteiger partial charge on any atom is -0.373 e. The lowest BCUT2D eigenvalue weighted by molar-refractivity contribution is -0.127. The molecule has 1 rings (SSSR count). The molecule has 0 radical (unpaired) electrons. The molecule has 1 fully saturated rings. The molecule has 2 N–H and O–H groups in total. The van der Waals surface area contributed by atoms with E-state index >= 15 is 0 Å². The van der Waals surface area contributed by atoms with E-state index in [4.69, 9.17) is 12.2 Å². The van der Waals surface area contributed by atoms with Crippen LogP contribution in [-0.2, 0) is 9.59 Å². The van der Waals surface area contributed by atoms with Crippen LogP contribution < -0.4 is 10.6 Å². The first-order valence-corrected chi connectivity index (χ1v) is 8.59. The van der Waals surface area contributed by atoms with Gasteiger partial charge in [0.2, 0.25) is 5.91 Å². The molecule has 1 heterocycles. The van der Waals surface area contributed by atoms with Crippen molar-refractivity contribution in [1.29, 1.82) is 0 Å². The lowest BCUT2D eigenvalue weighted by Crippen LogP contribution is -2.47. The average molecular weight is 332 g/mol. The molecule has 120 valence electrons. The zero-order chi connectivity index (χ0) is 16.0. The van der Waals surface area contributed by atoms with Crippen molar-refractivity contribution >= 4 is 41.7 Å². The van der Waals surface area contributed by atoms with Crippen molar-refractivity contribution in [2.75, 3.05) is 19.8 Å². The number of nitrogens with zero attached hydrogens (tertiary/aromatic N) is 1. The first kappa shape index (κ1) is 18.4. The molecule has 21 heavy (non-hydrogen) atoms. The van der Waals surface area contributed by atoms with Gasteiger partial charge in [0.05, 0.1) is 22.9 Å². The maximum atomic E-state index is 12.1. The van der Waals surface area contributed by atoms with E-state index in [0.29, 0.717) is 5.37 Å². The Morgan fingerprint density at radius 3 is 2.76 bits per heavy atom. The summed E-state index contributed by atoms with van der Waals surface area (Å²) in [4.78, 5) is 25.1. The summed E-state index contributed by atoms with van der Waals surface area (Å²) in [5.74, 6) is 0.921. The van der Waals surface area contributed by atoms with E-state index in [9.17, 15) is 9.59 Å². The minimum atomic E-state index is -0.218. The number of thioether (sulfide) groups is 1. The van der Waals surface area contributed by atoms with Crippen LogP contribution >= 0.6 is 24.0 Å². The van der Waals surface area contributed by atoms with Crippen LogP contribution in [0.5, 0.6) is 0 Å². The zero-order valence-corrected chi connectivity index (χ0v) is 14.7. The summed E-state index contributed by atoms with van der Waals surface area (Å²) in [6.07, 6.45) is 2.58. The summed E-state index contributed by atoms with van der Waals surface area (Å²) in [5, 5.41) is 5.90. The number of likely N-dealkylation sites (N-methyl/N-ethyl adjacent to an activating group) is 2. The minimum absolute atomic E-state index is 0.0524. The van der Waals surface area contributed by atoms with Crippen LogP contribution in [0.1, 0.15) is 26.7 Å². The van der Waals surface area contributed by atoms with E-state index in [-0.39, 0.29) is 23.4 Å². The Hall–Kier alpha value is -0.660. The number of likely N-dealkylation sites (tertiary alicyclic amines) is 1. The van der Waals surface area contributed by atoms with E-state index < -0.39 is 0 Å². The number of amides is 1. The van der Waals surface area contributed by atoms with Gasteiger partial charge < -0.3 is 15.4 Å². The molecule has 0 aromatic rings. The third-order valence-electron chi connectivity index (χ3n) is 3.98. The van der Waals surface area contributed by atoms with Gasteiger partial charge in [0.25, 0.3) is 0 Å². The first-order valence-electron chi connectivity index (χ1n) is 7.07. The summed E-state index contributed by atoms with van der Waals surface area (Å²) in [6, 6.07) is -0.328. The number of nitrogens with one attached hydrogen (secondary N) is 2. The Labute approximate surface area is 136 Å². The van der Waals surface area contributed by atoms with Gasteiger partial charge in [-0.25, -0.2) is 0 Å². The second-order valence-electron chi connectivity index (χ2n) is 6.02. The third kappa shape index (κ3) is 4.66. The molecule has 0 saturated carbocycles. The van der Waals surface area contributed by atoms with Gasteiger partial charge in [-0.15, -0.1) is 11.8 Å². The summed E-state index contributed by atoms with van der Waals surface area (Å²) in [7, 11) is 3.68. The van der Waals surface area contributed by atoms with Crippen LogP contribution in [-0.4, -0.2) is 59.9 Å². The molecular formula is C14H25N3O2S2. The van der Waals surface area contributed by atoms with Crippen LogP contribution in [0.2, 0.25) is 0 Å². The maximum Gasteiger partial charge on any atom is 0.237 e. The summed E-state index contributed by atoms with van der Waals surface area (Å²) >= 11 is 6.50. The van der Waals surface area contributed by atoms with Gasteiger partial charge in [-0.1, -0.05) is 26.1 Å². The van der Waals surface area contributed by atoms with Gasteiger partial charge >= 0.3 is 0 Å². The van der Waals surface area contributed by atoms with Crippen molar-refractivity contribution in [3.8, 4) is 0 Å². The molecule has 0 spiro atoms. The number of aldehydes is 1. The van der Waals surface area contributed by atoms with E-state index in [1.807, 2.05) is 7.05 Å². The number of thiocarbonyl (C=S) groups is 1. The van der Waals surface area contributed by atoms with Crippen molar-refractivity contribution in [3.05, 3.63) is 0 Å². The highest BCUT2D eigenvalue weighted by atomic mass is 32.2. The molecule has 2 unspecified atom stereocenters. The van der Waals surface area contributed by atoms with Gasteiger partial charge in [0, 0.05) is 7.05 Å². The van der Waals surface area contributed by atoms with Crippen LogP contribution in [0.15, 0.2) is 0 Å². The summed E-state index contributed by atoms with van der Waals surface area (Å²) in [5.41, 5.74) is 1.33. The standard InChI is InChI=1S/C14H25N3O2S2/c1-14(2)7-11(17(4)12(14)13(19)15-3)21-6-5-10(8-18)16-9-20/h8-12H,5-7H2,1-4H3,(H,15,19)(H,16,20)/t10?,11-,12?/m0/s1. The summed E-state index contributed by atoms with van der Waals surface area (Å²) in [6.45, 7) is 4.26. The molecule has 0 aromatic heterocycles. The number of rotatable bonds is 8. The van der Waals surface area contributed by atoms with Crippen LogP contribution in [0.25, 0.3) is 0 Å². The fourth-order valence-corrected chi connectivity index (χ4v) is 4.63. The molecule has 0 bridgehead atoms. The van der Waals surface area contributed by atoms with Crippen molar-refractivity contribution < 1.29 is 9.59 Å². The second-order valence-corrected chi connectivity index (χ2v) is 7.54. The van der Waals surface area contributed by atoms with Crippen LogP contribution in [0, 0.1) is 5.41 Å².